The highest BCUT2D eigenvalue weighted by Gasteiger charge is 2.52. The van der Waals surface area contributed by atoms with E-state index in [1.807, 2.05) is 60.7 Å². The van der Waals surface area contributed by atoms with Crippen molar-refractivity contribution >= 4 is 17.8 Å². The molecule has 0 spiro atoms. The molecule has 2 aliphatic rings. The van der Waals surface area contributed by atoms with E-state index < -0.39 is 11.6 Å². The Morgan fingerprint density at radius 1 is 0.935 bits per heavy atom. The summed E-state index contributed by atoms with van der Waals surface area (Å²) in [6.07, 6.45) is 6.81. The highest BCUT2D eigenvalue weighted by atomic mass is 16.2. The van der Waals surface area contributed by atoms with E-state index >= 15 is 0 Å². The summed E-state index contributed by atoms with van der Waals surface area (Å²) in [5, 5.41) is 5.94. The Labute approximate surface area is 183 Å². The van der Waals surface area contributed by atoms with Crippen molar-refractivity contribution in [3.8, 4) is 0 Å². The van der Waals surface area contributed by atoms with Crippen LogP contribution < -0.4 is 10.6 Å². The lowest BCUT2D eigenvalue weighted by molar-refractivity contribution is -0.135. The van der Waals surface area contributed by atoms with Gasteiger partial charge in [0, 0.05) is 12.5 Å². The van der Waals surface area contributed by atoms with E-state index in [4.69, 9.17) is 0 Å². The van der Waals surface area contributed by atoms with Gasteiger partial charge in [0.1, 0.15) is 6.54 Å². The number of urea groups is 1. The normalized spacial score (nSPS) is 22.1. The smallest absolute Gasteiger partial charge is 0.325 e. The van der Waals surface area contributed by atoms with E-state index in [0.29, 0.717) is 12.0 Å². The molecule has 0 unspecified atom stereocenters. The van der Waals surface area contributed by atoms with Crippen LogP contribution in [0.2, 0.25) is 0 Å². The molecule has 2 aromatic rings. The molecule has 0 aromatic heterocycles. The van der Waals surface area contributed by atoms with Crippen molar-refractivity contribution in [1.29, 1.82) is 0 Å². The first kappa shape index (κ1) is 21.1. The van der Waals surface area contributed by atoms with E-state index in [0.717, 1.165) is 36.1 Å². The van der Waals surface area contributed by atoms with Gasteiger partial charge in [0.25, 0.3) is 5.91 Å². The largest absolute Gasteiger partial charge is 0.352 e. The second-order valence-corrected chi connectivity index (χ2v) is 8.51. The molecule has 31 heavy (non-hydrogen) atoms. The molecule has 162 valence electrons. The lowest BCUT2D eigenvalue weighted by Gasteiger charge is -2.27. The van der Waals surface area contributed by atoms with Gasteiger partial charge in [0.15, 0.2) is 5.54 Å². The number of hydrogen-bond donors (Lipinski definition) is 2. The van der Waals surface area contributed by atoms with Crippen molar-refractivity contribution in [2.75, 3.05) is 6.54 Å². The Morgan fingerprint density at radius 2 is 1.55 bits per heavy atom. The molecule has 1 aliphatic heterocycles. The summed E-state index contributed by atoms with van der Waals surface area (Å²) in [7, 11) is 0. The molecule has 1 saturated carbocycles. The van der Waals surface area contributed by atoms with Crippen LogP contribution in [0.25, 0.3) is 0 Å². The lowest BCUT2D eigenvalue weighted by Crippen LogP contribution is -2.47. The molecular weight excluding hydrogens is 390 g/mol. The molecule has 1 saturated heterocycles. The molecule has 2 N–H and O–H groups in total. The second kappa shape index (κ2) is 9.33. The molecule has 2 aromatic carbocycles. The highest BCUT2D eigenvalue weighted by molar-refractivity contribution is 6.09. The average Bonchev–Trinajstić information content (AvgIpc) is 2.96. The molecule has 1 atom stereocenters. The third-order valence-electron chi connectivity index (χ3n) is 6.28. The van der Waals surface area contributed by atoms with Crippen molar-refractivity contribution in [3.63, 3.8) is 0 Å². The van der Waals surface area contributed by atoms with Crippen molar-refractivity contribution in [2.24, 2.45) is 0 Å². The maximum Gasteiger partial charge on any atom is 0.325 e. The summed E-state index contributed by atoms with van der Waals surface area (Å²) >= 11 is 0. The van der Waals surface area contributed by atoms with E-state index in [9.17, 15) is 14.4 Å². The van der Waals surface area contributed by atoms with Gasteiger partial charge in [-0.05, 0) is 24.0 Å². The number of nitrogens with zero attached hydrogens (tertiary/aromatic N) is 1. The minimum Gasteiger partial charge on any atom is -0.352 e. The van der Waals surface area contributed by atoms with Crippen LogP contribution in [0.4, 0.5) is 4.79 Å². The van der Waals surface area contributed by atoms with E-state index in [1.54, 1.807) is 0 Å². The van der Waals surface area contributed by atoms with Crippen molar-refractivity contribution in [2.45, 2.75) is 56.5 Å². The molecule has 6 nitrogen and oxygen atoms in total. The molecular formula is C25H29N3O3. The average molecular weight is 420 g/mol. The fourth-order valence-electron chi connectivity index (χ4n) is 4.65. The minimum absolute atomic E-state index is 0.124. The molecule has 6 heteroatoms. The van der Waals surface area contributed by atoms with Gasteiger partial charge in [0.05, 0.1) is 0 Å². The van der Waals surface area contributed by atoms with E-state index in [2.05, 4.69) is 10.6 Å². The zero-order chi connectivity index (χ0) is 21.7. The van der Waals surface area contributed by atoms with Gasteiger partial charge in [-0.15, -0.1) is 0 Å². The zero-order valence-electron chi connectivity index (χ0n) is 17.7. The Morgan fingerprint density at radius 3 is 2.19 bits per heavy atom. The topological polar surface area (TPSA) is 78.5 Å². The SMILES string of the molecule is O=C(CN1C(=O)N[C@](Cc2ccccc2)(c2ccccc2)C1=O)NC1CCCCCC1. The number of hydrogen-bond acceptors (Lipinski definition) is 3. The van der Waals surface area contributed by atoms with Crippen LogP contribution in [0, 0.1) is 0 Å². The standard InChI is InChI=1S/C25H29N3O3/c29-22(26-21-15-9-1-2-10-16-21)18-28-23(30)25(27-24(28)31,20-13-7-4-8-14-20)17-19-11-5-3-6-12-19/h3-8,11-14,21H,1-2,9-10,15-18H2,(H,26,29)(H,27,31)/t25-/m1/s1. The first-order valence-electron chi connectivity index (χ1n) is 11.1. The molecule has 4 amide bonds. The highest BCUT2D eigenvalue weighted by Crippen LogP contribution is 2.33. The van der Waals surface area contributed by atoms with Gasteiger partial charge in [-0.2, -0.15) is 0 Å². The minimum atomic E-state index is -1.22. The van der Waals surface area contributed by atoms with Gasteiger partial charge in [-0.3, -0.25) is 14.5 Å². The predicted molar refractivity (Wildman–Crippen MR) is 118 cm³/mol. The summed E-state index contributed by atoms with van der Waals surface area (Å²) < 4.78 is 0. The Bertz CT molecular complexity index is 924. The number of carbonyl (C=O) groups is 3. The fourth-order valence-corrected chi connectivity index (χ4v) is 4.65. The van der Waals surface area contributed by atoms with Crippen LogP contribution >= 0.6 is 0 Å². The summed E-state index contributed by atoms with van der Waals surface area (Å²) in [5.41, 5.74) is 0.427. The maximum atomic E-state index is 13.6. The lowest BCUT2D eigenvalue weighted by atomic mass is 9.83. The molecule has 0 bridgehead atoms. The van der Waals surface area contributed by atoms with Crippen LogP contribution in [-0.4, -0.2) is 35.3 Å². The number of nitrogens with one attached hydrogen (secondary N) is 2. The number of benzene rings is 2. The summed E-state index contributed by atoms with van der Waals surface area (Å²) in [4.78, 5) is 40.2. The predicted octanol–water partition coefficient (Wildman–Crippen LogP) is 3.52. The second-order valence-electron chi connectivity index (χ2n) is 8.51. The van der Waals surface area contributed by atoms with Crippen molar-refractivity contribution in [1.82, 2.24) is 15.5 Å². The van der Waals surface area contributed by atoms with Crippen molar-refractivity contribution in [3.05, 3.63) is 71.8 Å². The van der Waals surface area contributed by atoms with Crippen LogP contribution in [0.1, 0.15) is 49.7 Å². The summed E-state index contributed by atoms with van der Waals surface area (Å²) in [6.45, 7) is -0.259. The zero-order valence-corrected chi connectivity index (χ0v) is 17.7. The van der Waals surface area contributed by atoms with E-state index in [1.165, 1.54) is 12.8 Å². The summed E-state index contributed by atoms with van der Waals surface area (Å²) in [5.74, 6) is -0.664. The molecule has 0 radical (unpaired) electrons. The quantitative estimate of drug-likeness (QED) is 0.556. The number of amides is 4. The van der Waals surface area contributed by atoms with E-state index in [-0.39, 0.29) is 24.4 Å². The Hall–Kier alpha value is -3.15. The fraction of sp³-hybridized carbons (Fsp3) is 0.400. The van der Waals surface area contributed by atoms with Gasteiger partial charge in [0.2, 0.25) is 5.91 Å². The van der Waals surface area contributed by atoms with Gasteiger partial charge in [-0.25, -0.2) is 4.79 Å². The Balaban J connectivity index is 1.54. The third-order valence-corrected chi connectivity index (χ3v) is 6.28. The number of carbonyl (C=O) groups excluding carboxylic acids is 3. The van der Waals surface area contributed by atoms with Crippen LogP contribution in [0.15, 0.2) is 60.7 Å². The van der Waals surface area contributed by atoms with Gasteiger partial charge < -0.3 is 10.6 Å². The first-order chi connectivity index (χ1) is 15.1. The first-order valence-corrected chi connectivity index (χ1v) is 11.1. The Kier molecular flexibility index (Phi) is 6.35. The van der Waals surface area contributed by atoms with Crippen LogP contribution in [0.5, 0.6) is 0 Å². The van der Waals surface area contributed by atoms with Gasteiger partial charge in [-0.1, -0.05) is 86.3 Å². The molecule has 2 fully saturated rings. The molecule has 4 rings (SSSR count). The monoisotopic (exact) mass is 419 g/mol. The maximum absolute atomic E-state index is 13.6. The summed E-state index contributed by atoms with van der Waals surface area (Å²) in [6, 6.07) is 18.5. The van der Waals surface area contributed by atoms with Crippen molar-refractivity contribution < 1.29 is 14.4 Å². The van der Waals surface area contributed by atoms with Gasteiger partial charge >= 0.3 is 6.03 Å². The number of imide groups is 1. The number of rotatable bonds is 6. The van der Waals surface area contributed by atoms with Crippen LogP contribution in [0.3, 0.4) is 0 Å². The van der Waals surface area contributed by atoms with Crippen LogP contribution in [-0.2, 0) is 21.5 Å². The molecule has 1 aliphatic carbocycles. The third kappa shape index (κ3) is 4.63. The molecule has 1 heterocycles.